The summed E-state index contributed by atoms with van der Waals surface area (Å²) >= 11 is 0. The molecular weight excluding hydrogens is 558 g/mol. The van der Waals surface area contributed by atoms with Crippen LogP contribution in [-0.4, -0.2) is 91.1 Å². The first-order valence-corrected chi connectivity index (χ1v) is 15.6. The fraction of sp³-hybridized carbons (Fsp3) is 0.486. The number of likely N-dealkylation sites (N-methyl/N-ethyl adjacent to an activating group) is 2. The van der Waals surface area contributed by atoms with E-state index in [1.165, 1.54) is 22.9 Å². The highest BCUT2D eigenvalue weighted by atomic mass is 16.6. The molecule has 1 unspecified atom stereocenters. The van der Waals surface area contributed by atoms with Crippen molar-refractivity contribution in [3.8, 4) is 11.1 Å². The number of benzene rings is 2. The molecule has 2 aromatic carbocycles. The number of piperidine rings is 1. The Labute approximate surface area is 260 Å². The van der Waals surface area contributed by atoms with E-state index in [0.717, 1.165) is 41.5 Å². The number of amides is 3. The lowest BCUT2D eigenvalue weighted by Gasteiger charge is -2.38. The molecule has 44 heavy (non-hydrogen) atoms. The van der Waals surface area contributed by atoms with Crippen molar-refractivity contribution >= 4 is 23.9 Å². The van der Waals surface area contributed by atoms with Gasteiger partial charge in [0, 0.05) is 33.1 Å². The molecule has 0 radical (unpaired) electrons. The molecule has 9 heteroatoms. The van der Waals surface area contributed by atoms with E-state index in [1.807, 2.05) is 38.1 Å². The first-order valence-electron chi connectivity index (χ1n) is 15.6. The predicted molar refractivity (Wildman–Crippen MR) is 169 cm³/mol. The smallest absolute Gasteiger partial charge is 0.410 e. The summed E-state index contributed by atoms with van der Waals surface area (Å²) in [6.45, 7) is 8.70. The van der Waals surface area contributed by atoms with Gasteiger partial charge in [0.25, 0.3) is 0 Å². The van der Waals surface area contributed by atoms with Crippen LogP contribution in [0.25, 0.3) is 11.1 Å². The van der Waals surface area contributed by atoms with Crippen LogP contribution < -0.4 is 0 Å². The van der Waals surface area contributed by atoms with Crippen molar-refractivity contribution in [3.63, 3.8) is 0 Å². The zero-order valence-electron chi connectivity index (χ0n) is 26.4. The average molecular weight is 604 g/mol. The Balaban J connectivity index is 1.52. The molecule has 0 bridgehead atoms. The molecule has 2 aliphatic rings. The number of hydrogen-bond donors (Lipinski definition) is 0. The Morgan fingerprint density at radius 1 is 0.932 bits per heavy atom. The number of fused-ring (bicyclic) bond motifs is 3. The van der Waals surface area contributed by atoms with E-state index in [4.69, 9.17) is 9.47 Å². The Hall–Kier alpha value is -4.14. The van der Waals surface area contributed by atoms with Crippen LogP contribution in [-0.2, 0) is 23.9 Å². The molecular formula is C35H45N3O6. The number of ether oxygens (including phenoxy) is 2. The van der Waals surface area contributed by atoms with Gasteiger partial charge >= 0.3 is 12.1 Å². The van der Waals surface area contributed by atoms with E-state index >= 15 is 0 Å². The predicted octanol–water partition coefficient (Wildman–Crippen LogP) is 5.24. The lowest BCUT2D eigenvalue weighted by Crippen LogP contribution is -2.58. The highest BCUT2D eigenvalue weighted by Gasteiger charge is 2.40. The SMILES string of the molecule is C=CCOC(=O)C[C@@H](C(=O)N1CCCCC1)N(C)C(=O)C([C@@H](C)CC)N(C)C(=O)OCC1c2ccccc2-c2ccccc21. The van der Waals surface area contributed by atoms with Crippen molar-refractivity contribution in [1.82, 2.24) is 14.7 Å². The summed E-state index contributed by atoms with van der Waals surface area (Å²) in [5.74, 6) is -1.67. The van der Waals surface area contributed by atoms with E-state index in [2.05, 4.69) is 30.8 Å². The fourth-order valence-electron chi connectivity index (χ4n) is 6.27. The van der Waals surface area contributed by atoms with Crippen molar-refractivity contribution in [3.05, 3.63) is 72.3 Å². The van der Waals surface area contributed by atoms with Crippen LogP contribution >= 0.6 is 0 Å². The zero-order chi connectivity index (χ0) is 31.8. The van der Waals surface area contributed by atoms with E-state index in [1.54, 1.807) is 11.9 Å². The van der Waals surface area contributed by atoms with Crippen LogP contribution in [0.4, 0.5) is 4.79 Å². The molecule has 1 heterocycles. The van der Waals surface area contributed by atoms with Gasteiger partial charge in [0.15, 0.2) is 0 Å². The third-order valence-electron chi connectivity index (χ3n) is 8.97. The Morgan fingerprint density at radius 2 is 1.52 bits per heavy atom. The molecule has 1 aliphatic heterocycles. The largest absolute Gasteiger partial charge is 0.461 e. The van der Waals surface area contributed by atoms with Crippen LogP contribution in [0.5, 0.6) is 0 Å². The Morgan fingerprint density at radius 3 is 2.09 bits per heavy atom. The van der Waals surface area contributed by atoms with Crippen LogP contribution in [0.2, 0.25) is 0 Å². The Kier molecular flexibility index (Phi) is 11.2. The summed E-state index contributed by atoms with van der Waals surface area (Å²) in [4.78, 5) is 58.4. The van der Waals surface area contributed by atoms with Crippen molar-refractivity contribution in [2.45, 2.75) is 64.0 Å². The molecule has 1 fully saturated rings. The first kappa shape index (κ1) is 32.8. The quantitative estimate of drug-likeness (QED) is 0.243. The van der Waals surface area contributed by atoms with Gasteiger partial charge in [-0.2, -0.15) is 0 Å². The molecule has 0 aromatic heterocycles. The molecule has 3 amide bonds. The van der Waals surface area contributed by atoms with Crippen molar-refractivity contribution in [1.29, 1.82) is 0 Å². The average Bonchev–Trinajstić information content (AvgIpc) is 3.38. The maximum atomic E-state index is 14.1. The number of carbonyl (C=O) groups is 4. The molecule has 3 atom stereocenters. The summed E-state index contributed by atoms with van der Waals surface area (Å²) in [6, 6.07) is 14.3. The molecule has 1 aliphatic carbocycles. The van der Waals surface area contributed by atoms with Gasteiger partial charge in [0.1, 0.15) is 25.3 Å². The fourth-order valence-corrected chi connectivity index (χ4v) is 6.27. The summed E-state index contributed by atoms with van der Waals surface area (Å²) in [6.07, 6.45) is 3.93. The van der Waals surface area contributed by atoms with Gasteiger partial charge in [0.05, 0.1) is 6.42 Å². The van der Waals surface area contributed by atoms with Crippen molar-refractivity contribution < 1.29 is 28.7 Å². The molecule has 9 nitrogen and oxygen atoms in total. The van der Waals surface area contributed by atoms with Gasteiger partial charge in [-0.15, -0.1) is 0 Å². The lowest BCUT2D eigenvalue weighted by atomic mass is 9.95. The van der Waals surface area contributed by atoms with Crippen LogP contribution in [0.3, 0.4) is 0 Å². The third kappa shape index (κ3) is 7.14. The van der Waals surface area contributed by atoms with E-state index in [0.29, 0.717) is 19.5 Å². The van der Waals surface area contributed by atoms with Crippen LogP contribution in [0.1, 0.15) is 63.0 Å². The molecule has 2 aromatic rings. The minimum absolute atomic E-state index is 0.0150. The van der Waals surface area contributed by atoms with Crippen LogP contribution in [0, 0.1) is 5.92 Å². The monoisotopic (exact) mass is 603 g/mol. The van der Waals surface area contributed by atoms with Crippen LogP contribution in [0.15, 0.2) is 61.2 Å². The zero-order valence-corrected chi connectivity index (χ0v) is 26.4. The highest BCUT2D eigenvalue weighted by molar-refractivity contribution is 5.93. The first-order chi connectivity index (χ1) is 21.2. The third-order valence-corrected chi connectivity index (χ3v) is 8.97. The molecule has 4 rings (SSSR count). The maximum Gasteiger partial charge on any atom is 0.410 e. The number of carbonyl (C=O) groups excluding carboxylic acids is 4. The normalized spacial score (nSPS) is 16.1. The van der Waals surface area contributed by atoms with E-state index in [9.17, 15) is 19.2 Å². The van der Waals surface area contributed by atoms with E-state index in [-0.39, 0.29) is 37.4 Å². The molecule has 0 spiro atoms. The minimum atomic E-state index is -1.06. The van der Waals surface area contributed by atoms with Gasteiger partial charge in [-0.1, -0.05) is 81.5 Å². The number of likely N-dealkylation sites (tertiary alicyclic amines) is 1. The Bertz CT molecular complexity index is 1310. The standard InChI is InChI=1S/C35H45N3O6/c1-6-21-43-31(39)22-30(33(40)38-19-13-8-14-20-38)36(4)34(41)32(24(3)7-2)37(5)35(42)44-23-29-27-17-11-9-15-25(27)26-16-10-12-18-28(26)29/h6,9-12,15-18,24,29-30,32H,1,7-8,13-14,19-23H2,2-5H3/t24-,30-,32?/m0/s1. The number of hydrogen-bond acceptors (Lipinski definition) is 6. The molecule has 0 N–H and O–H groups in total. The maximum absolute atomic E-state index is 14.1. The van der Waals surface area contributed by atoms with E-state index < -0.39 is 30.1 Å². The summed E-state index contributed by atoms with van der Waals surface area (Å²) in [5, 5.41) is 0. The second kappa shape index (κ2) is 15.0. The van der Waals surface area contributed by atoms with Gasteiger partial charge in [-0.3, -0.25) is 19.3 Å². The lowest BCUT2D eigenvalue weighted by molar-refractivity contribution is -0.154. The summed E-state index contributed by atoms with van der Waals surface area (Å²) in [5.41, 5.74) is 4.45. The van der Waals surface area contributed by atoms with Gasteiger partial charge in [-0.25, -0.2) is 4.79 Å². The van der Waals surface area contributed by atoms with Crippen molar-refractivity contribution in [2.75, 3.05) is 40.4 Å². The molecule has 236 valence electrons. The minimum Gasteiger partial charge on any atom is -0.461 e. The number of rotatable bonds is 12. The molecule has 1 saturated heterocycles. The summed E-state index contributed by atoms with van der Waals surface area (Å²) < 4.78 is 11.1. The number of nitrogens with zero attached hydrogens (tertiary/aromatic N) is 3. The highest BCUT2D eigenvalue weighted by Crippen LogP contribution is 2.44. The van der Waals surface area contributed by atoms with Gasteiger partial charge < -0.3 is 19.3 Å². The second-order valence-electron chi connectivity index (χ2n) is 11.8. The van der Waals surface area contributed by atoms with Gasteiger partial charge in [0.2, 0.25) is 11.8 Å². The number of esters is 1. The topological polar surface area (TPSA) is 96.5 Å². The second-order valence-corrected chi connectivity index (χ2v) is 11.8. The van der Waals surface area contributed by atoms with Crippen molar-refractivity contribution in [2.24, 2.45) is 5.92 Å². The van der Waals surface area contributed by atoms with Gasteiger partial charge in [-0.05, 0) is 47.4 Å². The molecule has 0 saturated carbocycles. The summed E-state index contributed by atoms with van der Waals surface area (Å²) in [7, 11) is 3.08.